The summed E-state index contributed by atoms with van der Waals surface area (Å²) in [6.45, 7) is 0. The predicted octanol–water partition coefficient (Wildman–Crippen LogP) is 3.28. The molecule has 0 atom stereocenters. The Morgan fingerprint density at radius 1 is 1.18 bits per heavy atom. The van der Waals surface area contributed by atoms with Gasteiger partial charge in [-0.25, -0.2) is 0 Å². The van der Waals surface area contributed by atoms with E-state index in [4.69, 9.17) is 11.0 Å². The molecule has 1 saturated carbocycles. The summed E-state index contributed by atoms with van der Waals surface area (Å²) < 4.78 is 0. The Kier molecular flexibility index (Phi) is 3.87. The number of nitrogens with two attached hydrogens (primary N) is 1. The molecule has 0 spiro atoms. The summed E-state index contributed by atoms with van der Waals surface area (Å²) in [5.74, 6) is 0. The van der Waals surface area contributed by atoms with Crippen molar-refractivity contribution < 1.29 is 0 Å². The lowest BCUT2D eigenvalue weighted by molar-refractivity contribution is 0.620. The number of nitriles is 1. The topological polar surface area (TPSA) is 61.8 Å². The van der Waals surface area contributed by atoms with E-state index in [9.17, 15) is 0 Å². The standard InChI is InChI=1S/C14H19N3/c15-10-11-7-8-13(16)14(9-11)17-12-5-3-1-2-4-6-12/h7-9,12,17H,1-6,16H2. The van der Waals surface area contributed by atoms with E-state index < -0.39 is 0 Å². The van der Waals surface area contributed by atoms with Gasteiger partial charge in [0.2, 0.25) is 0 Å². The highest BCUT2D eigenvalue weighted by Gasteiger charge is 2.13. The third kappa shape index (κ3) is 3.13. The SMILES string of the molecule is N#Cc1ccc(N)c(NC2CCCCCC2)c1. The summed E-state index contributed by atoms with van der Waals surface area (Å²) in [5, 5.41) is 12.4. The lowest BCUT2D eigenvalue weighted by Crippen LogP contribution is -2.19. The van der Waals surface area contributed by atoms with Crippen LogP contribution in [0.3, 0.4) is 0 Å². The van der Waals surface area contributed by atoms with E-state index in [-0.39, 0.29) is 0 Å². The molecule has 3 N–H and O–H groups in total. The minimum Gasteiger partial charge on any atom is -0.397 e. The van der Waals surface area contributed by atoms with Gasteiger partial charge >= 0.3 is 0 Å². The normalized spacial score (nSPS) is 17.1. The van der Waals surface area contributed by atoms with E-state index in [0.717, 1.165) is 11.4 Å². The van der Waals surface area contributed by atoms with Crippen molar-refractivity contribution in [3.63, 3.8) is 0 Å². The summed E-state index contributed by atoms with van der Waals surface area (Å²) in [5.41, 5.74) is 8.23. The second-order valence-corrected chi connectivity index (χ2v) is 4.75. The first kappa shape index (κ1) is 11.8. The van der Waals surface area contributed by atoms with Crippen molar-refractivity contribution >= 4 is 11.4 Å². The largest absolute Gasteiger partial charge is 0.397 e. The average molecular weight is 229 g/mol. The van der Waals surface area contributed by atoms with Crippen LogP contribution >= 0.6 is 0 Å². The first-order chi connectivity index (χ1) is 8.29. The maximum absolute atomic E-state index is 8.89. The molecule has 3 nitrogen and oxygen atoms in total. The number of anilines is 2. The molecule has 1 aromatic carbocycles. The lowest BCUT2D eigenvalue weighted by Gasteiger charge is -2.19. The molecule has 17 heavy (non-hydrogen) atoms. The Bertz CT molecular complexity index is 412. The predicted molar refractivity (Wildman–Crippen MR) is 70.7 cm³/mol. The molecule has 1 aromatic rings. The molecule has 3 heteroatoms. The van der Waals surface area contributed by atoms with Gasteiger partial charge in [0.05, 0.1) is 23.0 Å². The Hall–Kier alpha value is -1.69. The fourth-order valence-electron chi connectivity index (χ4n) is 2.39. The lowest BCUT2D eigenvalue weighted by atomic mass is 10.1. The van der Waals surface area contributed by atoms with Crippen LogP contribution in [0.2, 0.25) is 0 Å². The van der Waals surface area contributed by atoms with Gasteiger partial charge in [-0.15, -0.1) is 0 Å². The molecule has 0 aliphatic heterocycles. The number of hydrogen-bond acceptors (Lipinski definition) is 3. The van der Waals surface area contributed by atoms with Gasteiger partial charge in [0.25, 0.3) is 0 Å². The van der Waals surface area contributed by atoms with Crippen LogP contribution in [-0.4, -0.2) is 6.04 Å². The zero-order valence-corrected chi connectivity index (χ0v) is 10.1. The van der Waals surface area contributed by atoms with Crippen molar-refractivity contribution in [1.82, 2.24) is 0 Å². The molecule has 0 heterocycles. The smallest absolute Gasteiger partial charge is 0.0992 e. The van der Waals surface area contributed by atoms with Crippen LogP contribution in [0.25, 0.3) is 0 Å². The van der Waals surface area contributed by atoms with E-state index >= 15 is 0 Å². The molecule has 0 unspecified atom stereocenters. The summed E-state index contributed by atoms with van der Waals surface area (Å²) >= 11 is 0. The monoisotopic (exact) mass is 229 g/mol. The van der Waals surface area contributed by atoms with E-state index in [1.165, 1.54) is 38.5 Å². The Balaban J connectivity index is 2.09. The number of nitrogens with one attached hydrogen (secondary N) is 1. The Labute approximate surface area is 103 Å². The zero-order valence-electron chi connectivity index (χ0n) is 10.1. The van der Waals surface area contributed by atoms with Gasteiger partial charge in [0.15, 0.2) is 0 Å². The van der Waals surface area contributed by atoms with Crippen LogP contribution in [-0.2, 0) is 0 Å². The van der Waals surface area contributed by atoms with Crippen molar-refractivity contribution in [2.24, 2.45) is 0 Å². The molecule has 90 valence electrons. The van der Waals surface area contributed by atoms with Gasteiger partial charge in [-0.3, -0.25) is 0 Å². The number of rotatable bonds is 2. The summed E-state index contributed by atoms with van der Waals surface area (Å²) in [6, 6.07) is 8.06. The van der Waals surface area contributed by atoms with E-state index in [1.54, 1.807) is 12.1 Å². The van der Waals surface area contributed by atoms with Gasteiger partial charge in [-0.1, -0.05) is 25.7 Å². The molecule has 2 rings (SSSR count). The van der Waals surface area contributed by atoms with Crippen LogP contribution in [0.4, 0.5) is 11.4 Å². The van der Waals surface area contributed by atoms with Crippen molar-refractivity contribution in [1.29, 1.82) is 5.26 Å². The van der Waals surface area contributed by atoms with Crippen molar-refractivity contribution in [3.05, 3.63) is 23.8 Å². The maximum Gasteiger partial charge on any atom is 0.0992 e. The van der Waals surface area contributed by atoms with Crippen LogP contribution in [0.1, 0.15) is 44.1 Å². The zero-order chi connectivity index (χ0) is 12.1. The van der Waals surface area contributed by atoms with Crippen LogP contribution in [0.15, 0.2) is 18.2 Å². The highest BCUT2D eigenvalue weighted by Crippen LogP contribution is 2.25. The van der Waals surface area contributed by atoms with Gasteiger partial charge < -0.3 is 11.1 Å². The van der Waals surface area contributed by atoms with Crippen LogP contribution in [0.5, 0.6) is 0 Å². The number of hydrogen-bond donors (Lipinski definition) is 2. The quantitative estimate of drug-likeness (QED) is 0.604. The molecular formula is C14H19N3. The van der Waals surface area contributed by atoms with E-state index in [2.05, 4.69) is 11.4 Å². The molecule has 0 saturated heterocycles. The summed E-state index contributed by atoms with van der Waals surface area (Å²) in [6.07, 6.45) is 7.66. The van der Waals surface area contributed by atoms with Gasteiger partial charge in [0, 0.05) is 6.04 Å². The highest BCUT2D eigenvalue weighted by molar-refractivity contribution is 5.68. The third-order valence-corrected chi connectivity index (χ3v) is 3.40. The minimum atomic E-state index is 0.508. The van der Waals surface area contributed by atoms with Gasteiger partial charge in [-0.05, 0) is 31.0 Å². The number of nitrogens with zero attached hydrogens (tertiary/aromatic N) is 1. The fourth-order valence-corrected chi connectivity index (χ4v) is 2.39. The number of nitrogen functional groups attached to an aromatic ring is 1. The molecule has 1 aliphatic rings. The van der Waals surface area contributed by atoms with E-state index in [0.29, 0.717) is 11.6 Å². The summed E-state index contributed by atoms with van der Waals surface area (Å²) in [4.78, 5) is 0. The van der Waals surface area contributed by atoms with Crippen molar-refractivity contribution in [2.45, 2.75) is 44.6 Å². The molecule has 0 amide bonds. The number of benzene rings is 1. The second-order valence-electron chi connectivity index (χ2n) is 4.75. The Morgan fingerprint density at radius 2 is 1.88 bits per heavy atom. The summed E-state index contributed by atoms with van der Waals surface area (Å²) in [7, 11) is 0. The average Bonchev–Trinajstić information content (AvgIpc) is 2.60. The maximum atomic E-state index is 8.89. The van der Waals surface area contributed by atoms with Crippen LogP contribution in [0, 0.1) is 11.3 Å². The first-order valence-electron chi connectivity index (χ1n) is 6.36. The first-order valence-corrected chi connectivity index (χ1v) is 6.36. The van der Waals surface area contributed by atoms with Crippen molar-refractivity contribution in [2.75, 3.05) is 11.1 Å². The molecule has 0 aromatic heterocycles. The molecule has 1 fully saturated rings. The highest BCUT2D eigenvalue weighted by atomic mass is 14.9. The molecule has 1 aliphatic carbocycles. The molecular weight excluding hydrogens is 210 g/mol. The van der Waals surface area contributed by atoms with E-state index in [1.807, 2.05) is 6.07 Å². The Morgan fingerprint density at radius 3 is 2.53 bits per heavy atom. The van der Waals surface area contributed by atoms with Gasteiger partial charge in [0.1, 0.15) is 0 Å². The third-order valence-electron chi connectivity index (χ3n) is 3.40. The second kappa shape index (κ2) is 5.58. The molecule has 0 radical (unpaired) electrons. The van der Waals surface area contributed by atoms with Gasteiger partial charge in [-0.2, -0.15) is 5.26 Å². The van der Waals surface area contributed by atoms with Crippen molar-refractivity contribution in [3.8, 4) is 6.07 Å². The fraction of sp³-hybridized carbons (Fsp3) is 0.500. The van der Waals surface area contributed by atoms with Crippen LogP contribution < -0.4 is 11.1 Å². The minimum absolute atomic E-state index is 0.508. The molecule has 0 bridgehead atoms.